The Morgan fingerprint density at radius 1 is 1.04 bits per heavy atom. The summed E-state index contributed by atoms with van der Waals surface area (Å²) in [5, 5.41) is 0. The van der Waals surface area contributed by atoms with Crippen LogP contribution in [-0.2, 0) is 13.6 Å². The van der Waals surface area contributed by atoms with Gasteiger partial charge < -0.3 is 9.47 Å². The lowest BCUT2D eigenvalue weighted by Gasteiger charge is -2.37. The molecule has 1 amide bonds. The normalized spacial score (nSPS) is 19.3. The number of hydrogen-bond acceptors (Lipinski definition) is 3. The van der Waals surface area contributed by atoms with Crippen molar-refractivity contribution in [1.29, 1.82) is 0 Å². The van der Waals surface area contributed by atoms with E-state index >= 15 is 0 Å². The number of carbonyl (C=O) groups excluding carboxylic acids is 1. The quantitative estimate of drug-likeness (QED) is 0.673. The highest BCUT2D eigenvalue weighted by atomic mass is 16.2. The number of hydrogen-bond donors (Lipinski definition) is 0. The molecule has 2 heterocycles. The highest BCUT2D eigenvalue weighted by Gasteiger charge is 2.30. The van der Waals surface area contributed by atoms with Gasteiger partial charge in [0.05, 0.1) is 6.54 Å². The molecule has 0 atom stereocenters. The molecule has 5 heteroatoms. The molecule has 0 spiro atoms. The van der Waals surface area contributed by atoms with Crippen molar-refractivity contribution in [1.82, 2.24) is 19.4 Å². The van der Waals surface area contributed by atoms with Crippen LogP contribution >= 0.6 is 0 Å². The van der Waals surface area contributed by atoms with Crippen LogP contribution in [0.3, 0.4) is 0 Å². The van der Waals surface area contributed by atoms with Crippen LogP contribution in [0, 0.1) is 0 Å². The molecule has 5 nitrogen and oxygen atoms in total. The summed E-state index contributed by atoms with van der Waals surface area (Å²) >= 11 is 0. The highest BCUT2D eigenvalue weighted by molar-refractivity contribution is 5.94. The number of pyridine rings is 1. The van der Waals surface area contributed by atoms with Crippen molar-refractivity contribution in [2.75, 3.05) is 0 Å². The first-order valence-electron chi connectivity index (χ1n) is 9.94. The van der Waals surface area contributed by atoms with Crippen molar-refractivity contribution in [3.63, 3.8) is 0 Å². The largest absolute Gasteiger partial charge is 0.337 e. The summed E-state index contributed by atoms with van der Waals surface area (Å²) in [5.74, 6) is 1.56. The zero-order chi connectivity index (χ0) is 19.3. The Bertz CT molecular complexity index is 899. The van der Waals surface area contributed by atoms with E-state index in [4.69, 9.17) is 0 Å². The van der Waals surface area contributed by atoms with Crippen LogP contribution < -0.4 is 0 Å². The second-order valence-electron chi connectivity index (χ2n) is 7.54. The Balaban J connectivity index is 1.52. The maximum atomic E-state index is 13.3. The van der Waals surface area contributed by atoms with Crippen molar-refractivity contribution >= 4 is 5.91 Å². The molecule has 0 radical (unpaired) electrons. The summed E-state index contributed by atoms with van der Waals surface area (Å²) in [7, 11) is 1.98. The number of imidazole rings is 1. The van der Waals surface area contributed by atoms with Crippen molar-refractivity contribution < 1.29 is 4.79 Å². The van der Waals surface area contributed by atoms with E-state index in [1.807, 2.05) is 22.7 Å². The van der Waals surface area contributed by atoms with Crippen LogP contribution in [0.15, 0.2) is 67.3 Å². The molecule has 144 valence electrons. The van der Waals surface area contributed by atoms with Gasteiger partial charge in [0.1, 0.15) is 5.82 Å². The van der Waals surface area contributed by atoms with E-state index in [0.717, 1.165) is 31.5 Å². The van der Waals surface area contributed by atoms with Gasteiger partial charge in [-0.1, -0.05) is 30.3 Å². The van der Waals surface area contributed by atoms with Gasteiger partial charge in [-0.05, 0) is 49.3 Å². The fourth-order valence-electron chi connectivity index (χ4n) is 4.17. The summed E-state index contributed by atoms with van der Waals surface area (Å²) < 4.78 is 1.99. The first-order chi connectivity index (χ1) is 13.7. The zero-order valence-electron chi connectivity index (χ0n) is 16.2. The number of benzene rings is 1. The summed E-state index contributed by atoms with van der Waals surface area (Å²) in [4.78, 5) is 23.8. The molecule has 1 fully saturated rings. The van der Waals surface area contributed by atoms with Gasteiger partial charge in [0, 0.05) is 43.4 Å². The zero-order valence-corrected chi connectivity index (χ0v) is 16.2. The Kier molecular flexibility index (Phi) is 5.51. The number of rotatable bonds is 5. The Morgan fingerprint density at radius 2 is 1.75 bits per heavy atom. The number of amides is 1. The maximum Gasteiger partial charge on any atom is 0.254 e. The lowest BCUT2D eigenvalue weighted by Crippen LogP contribution is -2.42. The maximum absolute atomic E-state index is 13.3. The molecule has 0 saturated heterocycles. The van der Waals surface area contributed by atoms with E-state index < -0.39 is 0 Å². The van der Waals surface area contributed by atoms with Gasteiger partial charge in [-0.15, -0.1) is 0 Å². The van der Waals surface area contributed by atoms with E-state index in [9.17, 15) is 4.79 Å². The molecular weight excluding hydrogens is 348 g/mol. The number of nitrogens with zero attached hydrogens (tertiary/aromatic N) is 4. The smallest absolute Gasteiger partial charge is 0.254 e. The number of aryl methyl sites for hydroxylation is 1. The van der Waals surface area contributed by atoms with Crippen LogP contribution in [0.5, 0.6) is 0 Å². The van der Waals surface area contributed by atoms with Crippen LogP contribution in [0.25, 0.3) is 0 Å². The molecule has 0 aliphatic heterocycles. The second-order valence-corrected chi connectivity index (χ2v) is 7.54. The van der Waals surface area contributed by atoms with Crippen molar-refractivity contribution in [2.45, 2.75) is 44.2 Å². The van der Waals surface area contributed by atoms with Gasteiger partial charge >= 0.3 is 0 Å². The fourth-order valence-corrected chi connectivity index (χ4v) is 4.17. The Labute approximate surface area is 166 Å². The molecule has 1 aliphatic carbocycles. The third kappa shape index (κ3) is 3.98. The van der Waals surface area contributed by atoms with Crippen LogP contribution in [0.1, 0.15) is 53.3 Å². The number of carbonyl (C=O) groups is 1. The topological polar surface area (TPSA) is 51.0 Å². The van der Waals surface area contributed by atoms with Gasteiger partial charge in [0.2, 0.25) is 0 Å². The number of aromatic nitrogens is 3. The SMILES string of the molecule is Cn1ccnc1CN(C(=O)c1ccncc1)C1CCC(c2ccccc2)CC1. The average molecular weight is 374 g/mol. The molecule has 2 aromatic heterocycles. The molecular formula is C23H26N4O. The molecule has 1 aliphatic rings. The van der Waals surface area contributed by atoms with E-state index in [1.165, 1.54) is 5.56 Å². The predicted octanol–water partition coefficient (Wildman–Crippen LogP) is 4.18. The lowest BCUT2D eigenvalue weighted by atomic mass is 9.81. The molecule has 28 heavy (non-hydrogen) atoms. The summed E-state index contributed by atoms with van der Waals surface area (Å²) in [6.45, 7) is 0.533. The Morgan fingerprint density at radius 3 is 2.39 bits per heavy atom. The summed E-state index contributed by atoms with van der Waals surface area (Å²) in [5.41, 5.74) is 2.10. The minimum atomic E-state index is 0.0635. The van der Waals surface area contributed by atoms with E-state index in [1.54, 1.807) is 30.7 Å². The van der Waals surface area contributed by atoms with Crippen LogP contribution in [-0.4, -0.2) is 31.4 Å². The third-order valence-corrected chi connectivity index (χ3v) is 5.83. The molecule has 3 aromatic rings. The van der Waals surface area contributed by atoms with Crippen LogP contribution in [0.4, 0.5) is 0 Å². The minimum absolute atomic E-state index is 0.0635. The molecule has 1 aromatic carbocycles. The average Bonchev–Trinajstić information content (AvgIpc) is 3.17. The van der Waals surface area contributed by atoms with E-state index in [0.29, 0.717) is 18.0 Å². The second kappa shape index (κ2) is 8.38. The first-order valence-corrected chi connectivity index (χ1v) is 9.94. The molecule has 0 unspecified atom stereocenters. The van der Waals surface area contributed by atoms with Gasteiger partial charge in [-0.2, -0.15) is 0 Å². The molecule has 1 saturated carbocycles. The fraction of sp³-hybridized carbons (Fsp3) is 0.348. The Hall–Kier alpha value is -2.95. The summed E-state index contributed by atoms with van der Waals surface area (Å²) in [6, 6.07) is 14.6. The van der Waals surface area contributed by atoms with E-state index in [2.05, 4.69) is 40.3 Å². The lowest BCUT2D eigenvalue weighted by molar-refractivity contribution is 0.0596. The summed E-state index contributed by atoms with van der Waals surface area (Å²) in [6.07, 6.45) is 11.3. The monoisotopic (exact) mass is 374 g/mol. The molecule has 0 N–H and O–H groups in total. The van der Waals surface area contributed by atoms with Crippen molar-refractivity contribution in [2.24, 2.45) is 7.05 Å². The van der Waals surface area contributed by atoms with Crippen molar-refractivity contribution in [3.8, 4) is 0 Å². The highest BCUT2D eigenvalue weighted by Crippen LogP contribution is 2.35. The van der Waals surface area contributed by atoms with Gasteiger partial charge in [-0.3, -0.25) is 9.78 Å². The van der Waals surface area contributed by atoms with Crippen molar-refractivity contribution in [3.05, 3.63) is 84.2 Å². The standard InChI is InChI=1S/C23H26N4O/c1-26-16-15-25-22(26)17-27(23(28)20-11-13-24-14-12-20)21-9-7-19(8-10-21)18-5-3-2-4-6-18/h2-6,11-16,19,21H,7-10,17H2,1H3. The molecule has 4 rings (SSSR count). The minimum Gasteiger partial charge on any atom is -0.337 e. The van der Waals surface area contributed by atoms with Crippen LogP contribution in [0.2, 0.25) is 0 Å². The third-order valence-electron chi connectivity index (χ3n) is 5.83. The van der Waals surface area contributed by atoms with E-state index in [-0.39, 0.29) is 11.9 Å². The molecule has 0 bridgehead atoms. The van der Waals surface area contributed by atoms with Gasteiger partial charge in [0.15, 0.2) is 0 Å². The first kappa shape index (κ1) is 18.4. The van der Waals surface area contributed by atoms with Gasteiger partial charge in [-0.25, -0.2) is 4.98 Å². The van der Waals surface area contributed by atoms with Gasteiger partial charge in [0.25, 0.3) is 5.91 Å². The predicted molar refractivity (Wildman–Crippen MR) is 109 cm³/mol.